The lowest BCUT2D eigenvalue weighted by Gasteiger charge is -2.11. The number of halogens is 2. The predicted molar refractivity (Wildman–Crippen MR) is 135 cm³/mol. The maximum atomic E-state index is 12.5. The summed E-state index contributed by atoms with van der Waals surface area (Å²) >= 11 is 10.8. The number of carbonyl (C=O) groups is 1. The van der Waals surface area contributed by atoms with Crippen molar-refractivity contribution in [3.8, 4) is 11.4 Å². The molecule has 0 aliphatic carbocycles. The number of thioether (sulfide) groups is 1. The summed E-state index contributed by atoms with van der Waals surface area (Å²) in [4.78, 5) is 12.5. The van der Waals surface area contributed by atoms with Gasteiger partial charge in [-0.3, -0.25) is 9.36 Å². The van der Waals surface area contributed by atoms with E-state index in [4.69, 9.17) is 16.3 Å². The smallest absolute Gasteiger partial charge is 0.234 e. The van der Waals surface area contributed by atoms with Crippen LogP contribution in [0.1, 0.15) is 11.4 Å². The standard InChI is InChI=1S/C24H20BrClN4O2S/c1-16-2-12-21(13-3-16)32-14-22-28-29-24(30(22)20-10-6-18(26)7-11-20)33-15-23(31)27-19-8-4-17(25)5-9-19/h2-13H,14-15H2,1H3,(H,27,31). The second kappa shape index (κ2) is 10.9. The average Bonchev–Trinajstić information content (AvgIpc) is 3.22. The highest BCUT2D eigenvalue weighted by Crippen LogP contribution is 2.25. The molecule has 1 heterocycles. The van der Waals surface area contributed by atoms with Crippen LogP contribution in [0, 0.1) is 6.92 Å². The molecule has 0 radical (unpaired) electrons. The third kappa shape index (κ3) is 6.37. The molecule has 168 valence electrons. The van der Waals surface area contributed by atoms with E-state index in [2.05, 4.69) is 31.4 Å². The van der Waals surface area contributed by atoms with Gasteiger partial charge in [-0.15, -0.1) is 10.2 Å². The summed E-state index contributed by atoms with van der Waals surface area (Å²) in [5, 5.41) is 12.7. The minimum Gasteiger partial charge on any atom is -0.486 e. The van der Waals surface area contributed by atoms with Crippen molar-refractivity contribution in [2.75, 3.05) is 11.1 Å². The lowest BCUT2D eigenvalue weighted by atomic mass is 10.2. The van der Waals surface area contributed by atoms with Gasteiger partial charge < -0.3 is 10.1 Å². The maximum absolute atomic E-state index is 12.5. The first-order valence-electron chi connectivity index (χ1n) is 10.1. The number of hydrogen-bond donors (Lipinski definition) is 1. The lowest BCUT2D eigenvalue weighted by Crippen LogP contribution is -2.14. The first-order chi connectivity index (χ1) is 16.0. The van der Waals surface area contributed by atoms with Gasteiger partial charge in [-0.05, 0) is 67.6 Å². The van der Waals surface area contributed by atoms with Crippen LogP contribution in [-0.4, -0.2) is 26.4 Å². The van der Waals surface area contributed by atoms with E-state index in [0.717, 1.165) is 27.2 Å². The van der Waals surface area contributed by atoms with Crippen molar-refractivity contribution in [3.05, 3.63) is 93.7 Å². The van der Waals surface area contributed by atoms with Crippen LogP contribution in [0.5, 0.6) is 5.75 Å². The molecule has 0 atom stereocenters. The SMILES string of the molecule is Cc1ccc(OCc2nnc(SCC(=O)Nc3ccc(Br)cc3)n2-c2ccc(Cl)cc2)cc1. The van der Waals surface area contributed by atoms with Gasteiger partial charge in [-0.25, -0.2) is 0 Å². The van der Waals surface area contributed by atoms with E-state index in [0.29, 0.717) is 16.0 Å². The van der Waals surface area contributed by atoms with Crippen LogP contribution in [0.25, 0.3) is 5.69 Å². The van der Waals surface area contributed by atoms with Gasteiger partial charge in [-0.1, -0.05) is 57.0 Å². The molecule has 0 unspecified atom stereocenters. The maximum Gasteiger partial charge on any atom is 0.234 e. The molecule has 0 aliphatic rings. The zero-order chi connectivity index (χ0) is 23.2. The Labute approximate surface area is 209 Å². The number of nitrogens with one attached hydrogen (secondary N) is 1. The fraction of sp³-hybridized carbons (Fsp3) is 0.125. The molecule has 0 aliphatic heterocycles. The zero-order valence-corrected chi connectivity index (χ0v) is 20.8. The number of nitrogens with zero attached hydrogens (tertiary/aromatic N) is 3. The van der Waals surface area contributed by atoms with E-state index in [1.807, 2.05) is 72.2 Å². The topological polar surface area (TPSA) is 69.0 Å². The van der Waals surface area contributed by atoms with Crippen molar-refractivity contribution >= 4 is 50.9 Å². The van der Waals surface area contributed by atoms with Crippen LogP contribution >= 0.6 is 39.3 Å². The third-order valence-electron chi connectivity index (χ3n) is 4.63. The van der Waals surface area contributed by atoms with Crippen LogP contribution in [0.3, 0.4) is 0 Å². The van der Waals surface area contributed by atoms with Gasteiger partial charge in [0.25, 0.3) is 0 Å². The highest BCUT2D eigenvalue weighted by molar-refractivity contribution is 9.10. The van der Waals surface area contributed by atoms with Crippen LogP contribution in [-0.2, 0) is 11.4 Å². The first-order valence-corrected chi connectivity index (χ1v) is 12.2. The Morgan fingerprint density at radius 3 is 2.42 bits per heavy atom. The van der Waals surface area contributed by atoms with Gasteiger partial charge in [0, 0.05) is 20.9 Å². The molecule has 0 saturated carbocycles. The van der Waals surface area contributed by atoms with Crippen LogP contribution in [0.2, 0.25) is 5.02 Å². The first kappa shape index (κ1) is 23.4. The van der Waals surface area contributed by atoms with Crippen molar-refractivity contribution in [1.29, 1.82) is 0 Å². The number of anilines is 1. The second-order valence-corrected chi connectivity index (χ2v) is 9.45. The molecule has 33 heavy (non-hydrogen) atoms. The van der Waals surface area contributed by atoms with Crippen molar-refractivity contribution in [2.45, 2.75) is 18.7 Å². The average molecular weight is 544 g/mol. The molecule has 6 nitrogen and oxygen atoms in total. The summed E-state index contributed by atoms with van der Waals surface area (Å²) in [6.45, 7) is 2.25. The molecule has 0 saturated heterocycles. The molecule has 3 aromatic carbocycles. The van der Waals surface area contributed by atoms with Gasteiger partial charge in [0.15, 0.2) is 11.0 Å². The molecule has 0 bridgehead atoms. The molecule has 9 heteroatoms. The zero-order valence-electron chi connectivity index (χ0n) is 17.7. The fourth-order valence-electron chi connectivity index (χ4n) is 2.98. The third-order valence-corrected chi connectivity index (χ3v) is 6.34. The molecule has 1 aromatic heterocycles. The number of carbonyl (C=O) groups excluding carboxylic acids is 1. The number of ether oxygens (including phenoxy) is 1. The molecule has 0 fully saturated rings. The molecular weight excluding hydrogens is 524 g/mol. The number of hydrogen-bond acceptors (Lipinski definition) is 5. The minimum absolute atomic E-state index is 0.134. The Bertz CT molecular complexity index is 1230. The van der Waals surface area contributed by atoms with Crippen molar-refractivity contribution in [3.63, 3.8) is 0 Å². The van der Waals surface area contributed by atoms with E-state index >= 15 is 0 Å². The summed E-state index contributed by atoms with van der Waals surface area (Å²) in [6, 6.07) is 22.6. The normalized spacial score (nSPS) is 10.8. The van der Waals surface area contributed by atoms with Crippen LogP contribution in [0.4, 0.5) is 5.69 Å². The van der Waals surface area contributed by atoms with Crippen LogP contribution < -0.4 is 10.1 Å². The Balaban J connectivity index is 1.50. The van der Waals surface area contributed by atoms with Gasteiger partial charge in [0.05, 0.1) is 5.75 Å². The Morgan fingerprint density at radius 1 is 1.03 bits per heavy atom. The van der Waals surface area contributed by atoms with Crippen molar-refractivity contribution in [2.24, 2.45) is 0 Å². The second-order valence-electron chi connectivity index (χ2n) is 7.16. The summed E-state index contributed by atoms with van der Waals surface area (Å²) in [5.74, 6) is 1.41. The molecular formula is C24H20BrClN4O2S. The summed E-state index contributed by atoms with van der Waals surface area (Å²) in [7, 11) is 0. The monoisotopic (exact) mass is 542 g/mol. The Morgan fingerprint density at radius 2 is 1.73 bits per heavy atom. The number of benzene rings is 3. The van der Waals surface area contributed by atoms with Crippen molar-refractivity contribution < 1.29 is 9.53 Å². The van der Waals surface area contributed by atoms with Gasteiger partial charge in [0.2, 0.25) is 5.91 Å². The number of amides is 1. The van der Waals surface area contributed by atoms with E-state index < -0.39 is 0 Å². The van der Waals surface area contributed by atoms with Crippen molar-refractivity contribution in [1.82, 2.24) is 14.8 Å². The summed E-state index contributed by atoms with van der Waals surface area (Å²) in [6.07, 6.45) is 0. The molecule has 0 spiro atoms. The lowest BCUT2D eigenvalue weighted by molar-refractivity contribution is -0.113. The van der Waals surface area contributed by atoms with E-state index in [9.17, 15) is 4.79 Å². The minimum atomic E-state index is -0.134. The van der Waals surface area contributed by atoms with Crippen LogP contribution in [0.15, 0.2) is 82.4 Å². The number of aryl methyl sites for hydroxylation is 1. The molecule has 1 N–H and O–H groups in total. The van der Waals surface area contributed by atoms with Gasteiger partial charge >= 0.3 is 0 Å². The molecule has 1 amide bonds. The molecule has 4 rings (SSSR count). The number of rotatable bonds is 8. The number of aromatic nitrogens is 3. The predicted octanol–water partition coefficient (Wildman–Crippen LogP) is 6.30. The Hall–Kier alpha value is -2.81. The highest BCUT2D eigenvalue weighted by atomic mass is 79.9. The van der Waals surface area contributed by atoms with E-state index in [-0.39, 0.29) is 18.3 Å². The molecule has 4 aromatic rings. The van der Waals surface area contributed by atoms with Gasteiger partial charge in [-0.2, -0.15) is 0 Å². The van der Waals surface area contributed by atoms with Gasteiger partial charge in [0.1, 0.15) is 12.4 Å². The largest absolute Gasteiger partial charge is 0.486 e. The summed E-state index contributed by atoms with van der Waals surface area (Å²) < 4.78 is 8.75. The quantitative estimate of drug-likeness (QED) is 0.264. The fourth-order valence-corrected chi connectivity index (χ4v) is 4.14. The summed E-state index contributed by atoms with van der Waals surface area (Å²) in [5.41, 5.74) is 2.73. The van der Waals surface area contributed by atoms with E-state index in [1.54, 1.807) is 12.1 Å². The highest BCUT2D eigenvalue weighted by Gasteiger charge is 2.17. The Kier molecular flexibility index (Phi) is 7.69. The van der Waals surface area contributed by atoms with E-state index in [1.165, 1.54) is 11.8 Å².